The molecule has 0 N–H and O–H groups in total. The number of allylic oxidation sites excluding steroid dienone is 2. The first-order valence-electron chi connectivity index (χ1n) is 8.13. The minimum absolute atomic E-state index is 0.239. The van der Waals surface area contributed by atoms with Gasteiger partial charge in [0.05, 0.1) is 0 Å². The molecule has 1 amide bonds. The zero-order valence-corrected chi connectivity index (χ0v) is 13.1. The van der Waals surface area contributed by atoms with Crippen molar-refractivity contribution in [3.8, 4) is 0 Å². The molecule has 3 unspecified atom stereocenters. The number of amides is 1. The molecule has 3 atom stereocenters. The topological polar surface area (TPSA) is 23.6 Å². The third kappa shape index (κ3) is 2.78. The van der Waals surface area contributed by atoms with Crippen LogP contribution in [-0.4, -0.2) is 48.4 Å². The molecule has 20 heavy (non-hydrogen) atoms. The summed E-state index contributed by atoms with van der Waals surface area (Å²) in [7, 11) is 0. The predicted molar refractivity (Wildman–Crippen MR) is 81.3 cm³/mol. The fourth-order valence-electron chi connectivity index (χ4n) is 4.04. The molecule has 0 aromatic heterocycles. The molecule has 1 saturated carbocycles. The van der Waals surface area contributed by atoms with Crippen molar-refractivity contribution in [3.05, 3.63) is 12.2 Å². The van der Waals surface area contributed by atoms with Crippen LogP contribution in [0.4, 0.5) is 0 Å². The molecule has 3 heteroatoms. The number of piperazine rings is 1. The first-order chi connectivity index (χ1) is 9.43. The second-order valence-corrected chi connectivity index (χ2v) is 7.88. The number of hydrogen-bond acceptors (Lipinski definition) is 2. The van der Waals surface area contributed by atoms with E-state index in [1.54, 1.807) is 0 Å². The summed E-state index contributed by atoms with van der Waals surface area (Å²) in [4.78, 5) is 16.9. The van der Waals surface area contributed by atoms with Crippen LogP contribution in [0.25, 0.3) is 0 Å². The Morgan fingerprint density at radius 2 is 1.80 bits per heavy atom. The van der Waals surface area contributed by atoms with E-state index in [4.69, 9.17) is 0 Å². The molecule has 3 aliphatic rings. The molecule has 1 saturated heterocycles. The largest absolute Gasteiger partial charge is 0.340 e. The van der Waals surface area contributed by atoms with E-state index >= 15 is 0 Å². The zero-order valence-electron chi connectivity index (χ0n) is 13.1. The van der Waals surface area contributed by atoms with E-state index in [0.717, 1.165) is 43.9 Å². The highest BCUT2D eigenvalue weighted by Gasteiger charge is 2.37. The molecular weight excluding hydrogens is 248 g/mol. The Balaban J connectivity index is 1.47. The van der Waals surface area contributed by atoms with Crippen LogP contribution in [0.2, 0.25) is 0 Å². The highest BCUT2D eigenvalue weighted by molar-refractivity contribution is 5.81. The molecule has 0 radical (unpaired) electrons. The van der Waals surface area contributed by atoms with Crippen molar-refractivity contribution >= 4 is 5.91 Å². The van der Waals surface area contributed by atoms with Gasteiger partial charge in [-0.1, -0.05) is 32.9 Å². The van der Waals surface area contributed by atoms with E-state index in [1.807, 2.05) is 20.8 Å². The first-order valence-corrected chi connectivity index (χ1v) is 8.13. The van der Waals surface area contributed by atoms with Crippen LogP contribution in [0, 0.1) is 23.2 Å². The van der Waals surface area contributed by atoms with Gasteiger partial charge in [0, 0.05) is 38.1 Å². The minimum Gasteiger partial charge on any atom is -0.340 e. The van der Waals surface area contributed by atoms with E-state index in [9.17, 15) is 4.79 Å². The van der Waals surface area contributed by atoms with Gasteiger partial charge in [-0.15, -0.1) is 0 Å². The van der Waals surface area contributed by atoms with E-state index in [0.29, 0.717) is 5.91 Å². The van der Waals surface area contributed by atoms with Crippen LogP contribution in [0.15, 0.2) is 12.2 Å². The highest BCUT2D eigenvalue weighted by Crippen LogP contribution is 2.43. The molecule has 2 fully saturated rings. The maximum absolute atomic E-state index is 12.3. The Morgan fingerprint density at radius 3 is 2.30 bits per heavy atom. The van der Waals surface area contributed by atoms with Gasteiger partial charge >= 0.3 is 0 Å². The lowest BCUT2D eigenvalue weighted by Crippen LogP contribution is -2.52. The van der Waals surface area contributed by atoms with E-state index in [-0.39, 0.29) is 5.41 Å². The summed E-state index contributed by atoms with van der Waals surface area (Å²) in [5.74, 6) is 2.89. The number of hydrogen-bond donors (Lipinski definition) is 0. The standard InChI is InChI=1S/C17H28N2O/c1-17(2,3)16(20)19-8-6-18(7-9-19)12-15-11-13-4-5-14(15)10-13/h4-5,13-15H,6-12H2,1-3H3. The van der Waals surface area contributed by atoms with Gasteiger partial charge < -0.3 is 4.90 Å². The molecule has 3 nitrogen and oxygen atoms in total. The Kier molecular flexibility index (Phi) is 3.65. The van der Waals surface area contributed by atoms with Gasteiger partial charge in [-0.3, -0.25) is 9.69 Å². The maximum Gasteiger partial charge on any atom is 0.228 e. The van der Waals surface area contributed by atoms with Crippen LogP contribution < -0.4 is 0 Å². The monoisotopic (exact) mass is 276 g/mol. The van der Waals surface area contributed by atoms with Crippen molar-refractivity contribution < 1.29 is 4.79 Å². The van der Waals surface area contributed by atoms with Gasteiger partial charge in [-0.2, -0.15) is 0 Å². The molecule has 1 aliphatic heterocycles. The lowest BCUT2D eigenvalue weighted by atomic mass is 9.92. The van der Waals surface area contributed by atoms with E-state index in [1.165, 1.54) is 19.4 Å². The fourth-order valence-corrected chi connectivity index (χ4v) is 4.04. The van der Waals surface area contributed by atoms with Crippen molar-refractivity contribution in [1.82, 2.24) is 9.80 Å². The van der Waals surface area contributed by atoms with Gasteiger partial charge in [-0.05, 0) is 30.6 Å². The lowest BCUT2D eigenvalue weighted by Gasteiger charge is -2.39. The number of fused-ring (bicyclic) bond motifs is 2. The third-order valence-corrected chi connectivity index (χ3v) is 5.21. The predicted octanol–water partition coefficient (Wildman–Crippen LogP) is 2.39. The van der Waals surface area contributed by atoms with Crippen molar-refractivity contribution in [2.24, 2.45) is 23.2 Å². The van der Waals surface area contributed by atoms with Crippen LogP contribution >= 0.6 is 0 Å². The van der Waals surface area contributed by atoms with Gasteiger partial charge in [0.1, 0.15) is 0 Å². The Labute approximate surface area is 123 Å². The average Bonchev–Trinajstić information content (AvgIpc) is 3.00. The highest BCUT2D eigenvalue weighted by atomic mass is 16.2. The quantitative estimate of drug-likeness (QED) is 0.723. The van der Waals surface area contributed by atoms with Crippen molar-refractivity contribution in [2.75, 3.05) is 32.7 Å². The Bertz CT molecular complexity index is 402. The maximum atomic E-state index is 12.3. The number of carbonyl (C=O) groups is 1. The van der Waals surface area contributed by atoms with Gasteiger partial charge in [0.15, 0.2) is 0 Å². The number of carbonyl (C=O) groups excluding carboxylic acids is 1. The van der Waals surface area contributed by atoms with Crippen LogP contribution in [0.5, 0.6) is 0 Å². The minimum atomic E-state index is -0.239. The van der Waals surface area contributed by atoms with Gasteiger partial charge in [0.25, 0.3) is 0 Å². The SMILES string of the molecule is CC(C)(C)C(=O)N1CCN(CC2CC3C=CC2C3)CC1. The van der Waals surface area contributed by atoms with Crippen molar-refractivity contribution in [2.45, 2.75) is 33.6 Å². The summed E-state index contributed by atoms with van der Waals surface area (Å²) in [6.45, 7) is 11.2. The summed E-state index contributed by atoms with van der Waals surface area (Å²) >= 11 is 0. The van der Waals surface area contributed by atoms with Crippen LogP contribution in [0.1, 0.15) is 33.6 Å². The van der Waals surface area contributed by atoms with Crippen molar-refractivity contribution in [1.29, 1.82) is 0 Å². The summed E-state index contributed by atoms with van der Waals surface area (Å²) in [6, 6.07) is 0. The molecule has 2 aliphatic carbocycles. The molecule has 0 aromatic rings. The second-order valence-electron chi connectivity index (χ2n) is 7.88. The van der Waals surface area contributed by atoms with Gasteiger partial charge in [-0.25, -0.2) is 0 Å². The summed E-state index contributed by atoms with van der Waals surface area (Å²) < 4.78 is 0. The molecule has 3 rings (SSSR count). The van der Waals surface area contributed by atoms with Gasteiger partial charge in [0.2, 0.25) is 5.91 Å². The summed E-state index contributed by atoms with van der Waals surface area (Å²) in [5, 5.41) is 0. The first kappa shape index (κ1) is 14.1. The molecule has 0 aromatic carbocycles. The van der Waals surface area contributed by atoms with Crippen LogP contribution in [0.3, 0.4) is 0 Å². The normalized spacial score (nSPS) is 34.0. The summed E-state index contributed by atoms with van der Waals surface area (Å²) in [5.41, 5.74) is -0.239. The van der Waals surface area contributed by atoms with E-state index < -0.39 is 0 Å². The molecular formula is C17H28N2O. The number of nitrogens with zero attached hydrogens (tertiary/aromatic N) is 2. The lowest BCUT2D eigenvalue weighted by molar-refractivity contribution is -0.141. The fraction of sp³-hybridized carbons (Fsp3) is 0.824. The Morgan fingerprint density at radius 1 is 1.10 bits per heavy atom. The van der Waals surface area contributed by atoms with Crippen LogP contribution in [-0.2, 0) is 4.79 Å². The molecule has 0 spiro atoms. The smallest absolute Gasteiger partial charge is 0.228 e. The summed E-state index contributed by atoms with van der Waals surface area (Å²) in [6.07, 6.45) is 7.65. The molecule has 1 heterocycles. The molecule has 112 valence electrons. The zero-order chi connectivity index (χ0) is 14.3. The number of rotatable bonds is 2. The Hall–Kier alpha value is -0.830. The van der Waals surface area contributed by atoms with Crippen molar-refractivity contribution in [3.63, 3.8) is 0 Å². The van der Waals surface area contributed by atoms with E-state index in [2.05, 4.69) is 22.0 Å². The molecule has 2 bridgehead atoms. The second kappa shape index (κ2) is 5.18. The third-order valence-electron chi connectivity index (χ3n) is 5.21. The average molecular weight is 276 g/mol.